The molecule has 0 amide bonds. The summed E-state index contributed by atoms with van der Waals surface area (Å²) in [5.41, 5.74) is 5.40. The van der Waals surface area contributed by atoms with E-state index < -0.39 is 0 Å². The van der Waals surface area contributed by atoms with E-state index in [9.17, 15) is 9.59 Å². The van der Waals surface area contributed by atoms with E-state index >= 15 is 0 Å². The summed E-state index contributed by atoms with van der Waals surface area (Å²) in [5, 5.41) is 7.51. The predicted molar refractivity (Wildman–Crippen MR) is 55.1 cm³/mol. The Morgan fingerprint density at radius 1 is 1.43 bits per heavy atom. The fraction of sp³-hybridized carbons (Fsp3) is 0.500. The van der Waals surface area contributed by atoms with Gasteiger partial charge < -0.3 is 11.1 Å². The van der Waals surface area contributed by atoms with Gasteiger partial charge in [-0.1, -0.05) is 13.8 Å². The van der Waals surface area contributed by atoms with Gasteiger partial charge in [-0.25, -0.2) is 0 Å². The number of carbonyl (C=O) groups excluding carboxylic acids is 2. The third kappa shape index (κ3) is 3.51. The minimum Gasteiger partial charge on any atom is -0.404 e. The van der Waals surface area contributed by atoms with Crippen LogP contribution in [0.3, 0.4) is 0 Å². The van der Waals surface area contributed by atoms with Crippen molar-refractivity contribution in [1.29, 1.82) is 5.41 Å². The second-order valence-corrected chi connectivity index (χ2v) is 3.46. The van der Waals surface area contributed by atoms with Gasteiger partial charge >= 0.3 is 0 Å². The SMILES string of the molecule is CC(=O)CC(=N)/C(=C\N)C(=O)C(C)C. The fourth-order valence-corrected chi connectivity index (χ4v) is 0.987. The number of nitrogens with one attached hydrogen (secondary N) is 1. The van der Waals surface area contributed by atoms with Crippen LogP contribution in [0, 0.1) is 11.3 Å². The van der Waals surface area contributed by atoms with E-state index in [-0.39, 0.29) is 35.2 Å². The Labute approximate surface area is 83.7 Å². The molecule has 0 heterocycles. The van der Waals surface area contributed by atoms with Gasteiger partial charge in [-0.2, -0.15) is 0 Å². The highest BCUT2D eigenvalue weighted by Crippen LogP contribution is 2.08. The molecule has 0 saturated heterocycles. The first-order chi connectivity index (χ1) is 6.40. The zero-order chi connectivity index (χ0) is 11.3. The average Bonchev–Trinajstić information content (AvgIpc) is 2.03. The summed E-state index contributed by atoms with van der Waals surface area (Å²) >= 11 is 0. The molecule has 0 fully saturated rings. The number of allylic oxidation sites excluding steroid dienone is 1. The van der Waals surface area contributed by atoms with Gasteiger partial charge in [0, 0.05) is 18.5 Å². The lowest BCUT2D eigenvalue weighted by Crippen LogP contribution is -2.20. The van der Waals surface area contributed by atoms with Crippen LogP contribution in [0.5, 0.6) is 0 Å². The lowest BCUT2D eigenvalue weighted by molar-refractivity contribution is -0.117. The molecule has 0 aliphatic heterocycles. The lowest BCUT2D eigenvalue weighted by Gasteiger charge is -2.08. The van der Waals surface area contributed by atoms with Gasteiger partial charge in [-0.15, -0.1) is 0 Å². The first-order valence-corrected chi connectivity index (χ1v) is 4.43. The molecule has 0 aromatic heterocycles. The highest BCUT2D eigenvalue weighted by molar-refractivity contribution is 6.25. The average molecular weight is 196 g/mol. The number of hydrogen-bond acceptors (Lipinski definition) is 4. The Morgan fingerprint density at radius 2 is 1.93 bits per heavy atom. The van der Waals surface area contributed by atoms with Crippen molar-refractivity contribution in [2.75, 3.05) is 0 Å². The molecule has 0 aromatic rings. The highest BCUT2D eigenvalue weighted by atomic mass is 16.1. The molecule has 0 bridgehead atoms. The maximum absolute atomic E-state index is 11.5. The summed E-state index contributed by atoms with van der Waals surface area (Å²) in [6, 6.07) is 0. The molecule has 0 aliphatic carbocycles. The quantitative estimate of drug-likeness (QED) is 0.509. The fourth-order valence-electron chi connectivity index (χ4n) is 0.987. The van der Waals surface area contributed by atoms with E-state index in [2.05, 4.69) is 0 Å². The number of nitrogens with two attached hydrogens (primary N) is 1. The molecule has 0 atom stereocenters. The summed E-state index contributed by atoms with van der Waals surface area (Å²) in [6.45, 7) is 4.84. The zero-order valence-corrected chi connectivity index (χ0v) is 8.76. The normalized spacial score (nSPS) is 11.6. The maximum atomic E-state index is 11.5. The number of carbonyl (C=O) groups is 2. The number of ketones is 2. The standard InChI is InChI=1S/C10H16N2O2/c1-6(2)10(14)8(5-11)9(12)4-7(3)13/h5-6,12H,4,11H2,1-3H3/b8-5+,12-9?. The molecule has 0 aliphatic rings. The van der Waals surface area contributed by atoms with E-state index in [1.807, 2.05) is 0 Å². The second kappa shape index (κ2) is 5.32. The smallest absolute Gasteiger partial charge is 0.168 e. The molecule has 0 aromatic carbocycles. The van der Waals surface area contributed by atoms with Crippen LogP contribution >= 0.6 is 0 Å². The van der Waals surface area contributed by atoms with Crippen molar-refractivity contribution in [1.82, 2.24) is 0 Å². The number of hydrogen-bond donors (Lipinski definition) is 2. The lowest BCUT2D eigenvalue weighted by atomic mass is 9.96. The molecular formula is C10H16N2O2. The van der Waals surface area contributed by atoms with Crippen LogP contribution in [0.1, 0.15) is 27.2 Å². The maximum Gasteiger partial charge on any atom is 0.168 e. The molecule has 0 unspecified atom stereocenters. The molecule has 14 heavy (non-hydrogen) atoms. The zero-order valence-electron chi connectivity index (χ0n) is 8.76. The van der Waals surface area contributed by atoms with Crippen LogP contribution in [-0.4, -0.2) is 17.3 Å². The Morgan fingerprint density at radius 3 is 2.21 bits per heavy atom. The number of rotatable bonds is 5. The van der Waals surface area contributed by atoms with E-state index in [1.165, 1.54) is 6.92 Å². The minimum absolute atomic E-state index is 0.00120. The summed E-state index contributed by atoms with van der Waals surface area (Å²) in [4.78, 5) is 22.2. The minimum atomic E-state index is -0.211. The largest absolute Gasteiger partial charge is 0.404 e. The Kier molecular flexibility index (Phi) is 4.77. The Bertz CT molecular complexity index is 290. The molecule has 0 radical (unpaired) electrons. The molecule has 78 valence electrons. The highest BCUT2D eigenvalue weighted by Gasteiger charge is 2.18. The Balaban J connectivity index is 4.68. The van der Waals surface area contributed by atoms with Crippen molar-refractivity contribution in [2.45, 2.75) is 27.2 Å². The van der Waals surface area contributed by atoms with Gasteiger partial charge in [0.2, 0.25) is 0 Å². The van der Waals surface area contributed by atoms with Crippen LogP contribution in [0.25, 0.3) is 0 Å². The first kappa shape index (κ1) is 12.6. The topological polar surface area (TPSA) is 84.0 Å². The van der Waals surface area contributed by atoms with E-state index in [0.29, 0.717) is 0 Å². The van der Waals surface area contributed by atoms with Crippen LogP contribution in [0.4, 0.5) is 0 Å². The van der Waals surface area contributed by atoms with Crippen LogP contribution in [0.15, 0.2) is 11.8 Å². The molecule has 0 rings (SSSR count). The van der Waals surface area contributed by atoms with Gasteiger partial charge in [0.25, 0.3) is 0 Å². The molecule has 0 saturated carbocycles. The second-order valence-electron chi connectivity index (χ2n) is 3.46. The first-order valence-electron chi connectivity index (χ1n) is 4.43. The van der Waals surface area contributed by atoms with Gasteiger partial charge in [-0.3, -0.25) is 9.59 Å². The third-order valence-corrected chi connectivity index (χ3v) is 1.71. The molecule has 4 heteroatoms. The van der Waals surface area contributed by atoms with Crippen molar-refractivity contribution >= 4 is 17.3 Å². The van der Waals surface area contributed by atoms with Crippen molar-refractivity contribution in [3.63, 3.8) is 0 Å². The van der Waals surface area contributed by atoms with Crippen LogP contribution in [-0.2, 0) is 9.59 Å². The van der Waals surface area contributed by atoms with Crippen LogP contribution < -0.4 is 5.73 Å². The molecule has 0 spiro atoms. The monoisotopic (exact) mass is 196 g/mol. The summed E-state index contributed by atoms with van der Waals surface area (Å²) < 4.78 is 0. The molecule has 4 nitrogen and oxygen atoms in total. The van der Waals surface area contributed by atoms with Crippen molar-refractivity contribution in [2.24, 2.45) is 11.7 Å². The van der Waals surface area contributed by atoms with Crippen molar-refractivity contribution < 1.29 is 9.59 Å². The van der Waals surface area contributed by atoms with E-state index in [1.54, 1.807) is 13.8 Å². The van der Waals surface area contributed by atoms with Gasteiger partial charge in [-0.05, 0) is 6.92 Å². The molecular weight excluding hydrogens is 180 g/mol. The van der Waals surface area contributed by atoms with Gasteiger partial charge in [0.15, 0.2) is 5.78 Å². The van der Waals surface area contributed by atoms with Crippen molar-refractivity contribution in [3.05, 3.63) is 11.8 Å². The summed E-state index contributed by atoms with van der Waals surface area (Å²) in [7, 11) is 0. The summed E-state index contributed by atoms with van der Waals surface area (Å²) in [5.74, 6) is -0.554. The van der Waals surface area contributed by atoms with Crippen LogP contribution in [0.2, 0.25) is 0 Å². The Hall–Kier alpha value is -1.45. The third-order valence-electron chi connectivity index (χ3n) is 1.71. The van der Waals surface area contributed by atoms with Gasteiger partial charge in [0.1, 0.15) is 5.78 Å². The van der Waals surface area contributed by atoms with Crippen molar-refractivity contribution in [3.8, 4) is 0 Å². The van der Waals surface area contributed by atoms with E-state index in [4.69, 9.17) is 11.1 Å². The van der Waals surface area contributed by atoms with Gasteiger partial charge in [0.05, 0.1) is 11.3 Å². The number of Topliss-reactive ketones (excluding diaryl/α,β-unsaturated/α-hetero) is 2. The summed E-state index contributed by atoms with van der Waals surface area (Å²) in [6.07, 6.45) is 1.06. The van der Waals surface area contributed by atoms with E-state index in [0.717, 1.165) is 6.20 Å². The molecule has 3 N–H and O–H groups in total. The predicted octanol–water partition coefficient (Wildman–Crippen LogP) is 1.05.